The minimum Gasteiger partial charge on any atom is -0.453 e. The van der Waals surface area contributed by atoms with E-state index in [1.165, 1.54) is 11.5 Å². The lowest BCUT2D eigenvalue weighted by Gasteiger charge is -2.13. The summed E-state index contributed by atoms with van der Waals surface area (Å²) >= 11 is 2.85. The van der Waals surface area contributed by atoms with Crippen LogP contribution in [-0.2, 0) is 4.79 Å². The van der Waals surface area contributed by atoms with Crippen molar-refractivity contribution >= 4 is 45.8 Å². The maximum Gasteiger partial charge on any atom is 0.219 e. The first-order chi connectivity index (χ1) is 17.0. The van der Waals surface area contributed by atoms with Gasteiger partial charge in [0.15, 0.2) is 11.6 Å². The van der Waals surface area contributed by atoms with Gasteiger partial charge < -0.3 is 20.7 Å². The highest BCUT2D eigenvalue weighted by atomic mass is 32.2. The molecule has 4 aromatic rings. The molecule has 1 aliphatic rings. The van der Waals surface area contributed by atoms with Crippen LogP contribution in [0.15, 0.2) is 76.7 Å². The monoisotopic (exact) mass is 504 g/mol. The van der Waals surface area contributed by atoms with Crippen molar-refractivity contribution in [3.05, 3.63) is 72.7 Å². The predicted octanol–water partition coefficient (Wildman–Crippen LogP) is 5.54. The maximum atomic E-state index is 11.7. The molecule has 5 rings (SSSR count). The number of carbonyl (C=O) groups is 1. The van der Waals surface area contributed by atoms with Crippen LogP contribution < -0.4 is 15.8 Å². The van der Waals surface area contributed by atoms with Crippen molar-refractivity contribution < 1.29 is 9.53 Å². The Morgan fingerprint density at radius 3 is 2.71 bits per heavy atom. The summed E-state index contributed by atoms with van der Waals surface area (Å²) in [5.74, 6) is 2.83. The Hall–Kier alpha value is -3.63. The second-order valence-electron chi connectivity index (χ2n) is 8.14. The number of likely N-dealkylation sites (tertiary alicyclic amines) is 1. The number of nitrogens with zero attached hydrogens (tertiary/aromatic N) is 4. The first kappa shape index (κ1) is 23.1. The summed E-state index contributed by atoms with van der Waals surface area (Å²) in [6.07, 6.45) is 2.66. The largest absolute Gasteiger partial charge is 0.453 e. The summed E-state index contributed by atoms with van der Waals surface area (Å²) in [6.45, 7) is 2.99. The van der Waals surface area contributed by atoms with Crippen molar-refractivity contribution in [1.29, 1.82) is 0 Å². The van der Waals surface area contributed by atoms with Crippen LogP contribution in [0.5, 0.6) is 11.5 Å². The van der Waals surface area contributed by atoms with Crippen molar-refractivity contribution in [1.82, 2.24) is 19.2 Å². The molecule has 10 heteroatoms. The highest BCUT2D eigenvalue weighted by Gasteiger charge is 2.28. The van der Waals surface area contributed by atoms with Crippen LogP contribution in [0, 0.1) is 0 Å². The van der Waals surface area contributed by atoms with E-state index in [0.29, 0.717) is 29.0 Å². The third-order valence-electron chi connectivity index (χ3n) is 5.58. The second kappa shape index (κ2) is 10.3. The predicted molar refractivity (Wildman–Crippen MR) is 139 cm³/mol. The SMILES string of the molecule is CC(=O)N1CCC(c2nsc(Nc3ncc(Sc4ccc(N)cc4)cc3Oc3ccccc3)n2)C1. The van der Waals surface area contributed by atoms with Gasteiger partial charge in [-0.25, -0.2) is 9.97 Å². The Bertz CT molecular complexity index is 1310. The summed E-state index contributed by atoms with van der Waals surface area (Å²) in [4.78, 5) is 24.8. The van der Waals surface area contributed by atoms with E-state index in [0.717, 1.165) is 34.3 Å². The first-order valence-corrected chi connectivity index (χ1v) is 12.7. The quantitative estimate of drug-likeness (QED) is 0.316. The zero-order chi connectivity index (χ0) is 24.2. The molecular formula is C25H24N6O2S2. The van der Waals surface area contributed by atoms with Crippen molar-refractivity contribution in [3.63, 3.8) is 0 Å². The molecule has 1 atom stereocenters. The van der Waals surface area contributed by atoms with E-state index >= 15 is 0 Å². The minimum atomic E-state index is 0.0879. The number of nitrogen functional groups attached to an aromatic ring is 1. The lowest BCUT2D eigenvalue weighted by Crippen LogP contribution is -2.25. The van der Waals surface area contributed by atoms with E-state index in [2.05, 4.69) is 19.7 Å². The Labute approximate surface area is 211 Å². The third kappa shape index (κ3) is 5.72. The fraction of sp³-hybridized carbons (Fsp3) is 0.200. The van der Waals surface area contributed by atoms with Crippen LogP contribution in [0.4, 0.5) is 16.6 Å². The van der Waals surface area contributed by atoms with Gasteiger partial charge in [-0.1, -0.05) is 30.0 Å². The normalized spacial score (nSPS) is 15.2. The molecule has 1 amide bonds. The van der Waals surface area contributed by atoms with Gasteiger partial charge in [0.2, 0.25) is 11.0 Å². The van der Waals surface area contributed by atoms with E-state index < -0.39 is 0 Å². The van der Waals surface area contributed by atoms with Crippen molar-refractivity contribution in [2.24, 2.45) is 0 Å². The topological polar surface area (TPSA) is 106 Å². The van der Waals surface area contributed by atoms with Crippen LogP contribution >= 0.6 is 23.3 Å². The van der Waals surface area contributed by atoms with Crippen molar-refractivity contribution in [2.75, 3.05) is 24.1 Å². The Balaban J connectivity index is 1.37. The average molecular weight is 505 g/mol. The highest BCUT2D eigenvalue weighted by molar-refractivity contribution is 7.99. The van der Waals surface area contributed by atoms with E-state index in [9.17, 15) is 4.79 Å². The minimum absolute atomic E-state index is 0.0879. The number of rotatable bonds is 7. The molecule has 0 radical (unpaired) electrons. The molecule has 178 valence electrons. The highest BCUT2D eigenvalue weighted by Crippen LogP contribution is 2.37. The van der Waals surface area contributed by atoms with Gasteiger partial charge in [-0.3, -0.25) is 4.79 Å². The summed E-state index contributed by atoms with van der Waals surface area (Å²) in [6, 6.07) is 19.2. The Morgan fingerprint density at radius 2 is 1.97 bits per heavy atom. The molecule has 3 N–H and O–H groups in total. The zero-order valence-electron chi connectivity index (χ0n) is 19.0. The smallest absolute Gasteiger partial charge is 0.219 e. The van der Waals surface area contributed by atoms with E-state index in [1.54, 1.807) is 24.9 Å². The summed E-state index contributed by atoms with van der Waals surface area (Å²) in [7, 11) is 0. The summed E-state index contributed by atoms with van der Waals surface area (Å²) in [5.41, 5.74) is 6.53. The third-order valence-corrected chi connectivity index (χ3v) is 7.19. The number of pyridine rings is 1. The molecule has 8 nitrogen and oxygen atoms in total. The van der Waals surface area contributed by atoms with Crippen LogP contribution in [0.25, 0.3) is 0 Å². The number of hydrogen-bond donors (Lipinski definition) is 2. The van der Waals surface area contributed by atoms with Crippen LogP contribution in [0.3, 0.4) is 0 Å². The fourth-order valence-corrected chi connectivity index (χ4v) is 5.21. The lowest BCUT2D eigenvalue weighted by atomic mass is 10.1. The van der Waals surface area contributed by atoms with E-state index in [4.69, 9.17) is 10.5 Å². The molecule has 0 bridgehead atoms. The molecule has 1 fully saturated rings. The number of hydrogen-bond acceptors (Lipinski definition) is 9. The number of anilines is 3. The number of carbonyl (C=O) groups excluding carboxylic acids is 1. The number of benzene rings is 2. The van der Waals surface area contributed by atoms with Gasteiger partial charge in [0.1, 0.15) is 11.6 Å². The average Bonchev–Trinajstić information content (AvgIpc) is 3.53. The number of aromatic nitrogens is 3. The summed E-state index contributed by atoms with van der Waals surface area (Å²) in [5, 5.41) is 3.90. The fourth-order valence-electron chi connectivity index (χ4n) is 3.75. The Morgan fingerprint density at radius 1 is 1.17 bits per heavy atom. The van der Waals surface area contributed by atoms with Gasteiger partial charge in [0.05, 0.1) is 0 Å². The van der Waals surface area contributed by atoms with Crippen LogP contribution in [-0.4, -0.2) is 38.2 Å². The number of nitrogens with two attached hydrogens (primary N) is 1. The van der Waals surface area contributed by atoms with Crippen molar-refractivity contribution in [3.8, 4) is 11.5 Å². The standard InChI is InChI=1S/C25H24N6O2S2/c1-16(32)31-12-11-17(15-31)23-28-25(35-30-23)29-24-22(33-19-5-3-2-4-6-19)13-21(14-27-24)34-20-9-7-18(26)8-10-20/h2-10,13-14,17H,11-12,15,26H2,1H3,(H,27,28,29,30). The molecule has 1 saturated heterocycles. The van der Waals surface area contributed by atoms with E-state index in [1.807, 2.05) is 65.6 Å². The molecule has 2 aromatic carbocycles. The zero-order valence-corrected chi connectivity index (χ0v) is 20.7. The van der Waals surface area contributed by atoms with Gasteiger partial charge in [-0.05, 0) is 42.8 Å². The molecule has 1 unspecified atom stereocenters. The van der Waals surface area contributed by atoms with Gasteiger partial charge in [-0.2, -0.15) is 4.37 Å². The molecule has 0 aliphatic carbocycles. The van der Waals surface area contributed by atoms with E-state index in [-0.39, 0.29) is 11.8 Å². The Kier molecular flexibility index (Phi) is 6.82. The summed E-state index contributed by atoms with van der Waals surface area (Å²) < 4.78 is 10.7. The molecule has 2 aromatic heterocycles. The van der Waals surface area contributed by atoms with Gasteiger partial charge in [-0.15, -0.1) is 0 Å². The maximum absolute atomic E-state index is 11.7. The number of amides is 1. The molecule has 35 heavy (non-hydrogen) atoms. The van der Waals surface area contributed by atoms with Gasteiger partial charge >= 0.3 is 0 Å². The molecule has 3 heterocycles. The number of para-hydroxylation sites is 1. The second-order valence-corrected chi connectivity index (χ2v) is 10.0. The molecule has 0 saturated carbocycles. The van der Waals surface area contributed by atoms with Crippen LogP contribution in [0.2, 0.25) is 0 Å². The van der Waals surface area contributed by atoms with Gasteiger partial charge in [0, 0.05) is 65.2 Å². The number of ether oxygens (including phenoxy) is 1. The lowest BCUT2D eigenvalue weighted by molar-refractivity contribution is -0.127. The molecule has 0 spiro atoms. The number of nitrogens with one attached hydrogen (secondary N) is 1. The first-order valence-electron chi connectivity index (χ1n) is 11.2. The van der Waals surface area contributed by atoms with Crippen molar-refractivity contribution in [2.45, 2.75) is 29.1 Å². The molecular weight excluding hydrogens is 480 g/mol. The molecule has 1 aliphatic heterocycles. The van der Waals surface area contributed by atoms with Crippen LogP contribution in [0.1, 0.15) is 25.1 Å². The van der Waals surface area contributed by atoms with Gasteiger partial charge in [0.25, 0.3) is 0 Å².